The third-order valence-corrected chi connectivity index (χ3v) is 1.79. The lowest BCUT2D eigenvalue weighted by molar-refractivity contribution is -0.138. The molecule has 86 valence electrons. The number of hydrogen-bond donors (Lipinski definition) is 3. The van der Waals surface area contributed by atoms with Crippen LogP contribution in [0.2, 0.25) is 0 Å². The van der Waals surface area contributed by atoms with Gasteiger partial charge in [-0.2, -0.15) is 0 Å². The lowest BCUT2D eigenvalue weighted by Gasteiger charge is -2.08. The molecule has 0 saturated heterocycles. The van der Waals surface area contributed by atoms with Gasteiger partial charge in [0.15, 0.2) is 0 Å². The normalized spacial score (nSPS) is 17.3. The number of carbonyl (C=O) groups is 1. The summed E-state index contributed by atoms with van der Waals surface area (Å²) in [5, 5.41) is 8.61. The topological polar surface area (TPSA) is 102 Å². The van der Waals surface area contributed by atoms with Crippen LogP contribution in [0.1, 0.15) is 27.2 Å². The van der Waals surface area contributed by atoms with E-state index in [9.17, 15) is 4.79 Å². The minimum absolute atomic E-state index is 0.0454. The molecule has 0 aromatic rings. The number of hydrogen-bond acceptors (Lipinski definition) is 3. The summed E-state index contributed by atoms with van der Waals surface area (Å²) in [6.45, 7) is 5.43. The van der Waals surface area contributed by atoms with Crippen molar-refractivity contribution in [1.29, 1.82) is 0 Å². The van der Waals surface area contributed by atoms with Crippen LogP contribution >= 0.6 is 0 Å². The number of rotatable bonds is 5. The highest BCUT2D eigenvalue weighted by atomic mass is 16.4. The van der Waals surface area contributed by atoms with Crippen LogP contribution in [0, 0.1) is 0 Å². The van der Waals surface area contributed by atoms with E-state index in [4.69, 9.17) is 16.6 Å². The molecule has 5 heteroatoms. The van der Waals surface area contributed by atoms with Crippen molar-refractivity contribution >= 4 is 11.8 Å². The first-order valence-electron chi connectivity index (χ1n) is 4.78. The maximum Gasteiger partial charge on any atom is 0.320 e. The zero-order valence-electron chi connectivity index (χ0n) is 9.40. The van der Waals surface area contributed by atoms with Crippen molar-refractivity contribution < 1.29 is 9.90 Å². The number of amidine groups is 1. The highest BCUT2D eigenvalue weighted by Crippen LogP contribution is 2.06. The summed E-state index contributed by atoms with van der Waals surface area (Å²) in [5.74, 6) is -0.483. The third kappa shape index (κ3) is 6.68. The largest absolute Gasteiger partial charge is 0.480 e. The summed E-state index contributed by atoms with van der Waals surface area (Å²) in [7, 11) is 0. The molecule has 0 aliphatic carbocycles. The molecule has 0 heterocycles. The number of carboxylic acids is 1. The molecule has 0 aromatic carbocycles. The van der Waals surface area contributed by atoms with Crippen LogP contribution in [-0.4, -0.2) is 29.0 Å². The van der Waals surface area contributed by atoms with Crippen molar-refractivity contribution in [2.75, 3.05) is 0 Å². The Labute approximate surface area is 89.9 Å². The second-order valence-corrected chi connectivity index (χ2v) is 3.67. The van der Waals surface area contributed by atoms with E-state index >= 15 is 0 Å². The van der Waals surface area contributed by atoms with E-state index in [0.717, 1.165) is 5.57 Å². The van der Waals surface area contributed by atoms with E-state index in [0.29, 0.717) is 12.3 Å². The van der Waals surface area contributed by atoms with Crippen molar-refractivity contribution in [3.63, 3.8) is 0 Å². The molecule has 0 saturated carbocycles. The molecular weight excluding hydrogens is 194 g/mol. The molecule has 0 aromatic heterocycles. The summed E-state index contributed by atoms with van der Waals surface area (Å²) in [5.41, 5.74) is 11.7. The molecule has 5 nitrogen and oxygen atoms in total. The molecule has 0 spiro atoms. The monoisotopic (exact) mass is 213 g/mol. The Morgan fingerprint density at radius 1 is 1.53 bits per heavy atom. The Hall–Kier alpha value is -1.36. The Bertz CT molecular complexity index is 280. The summed E-state index contributed by atoms with van der Waals surface area (Å²) < 4.78 is 0. The van der Waals surface area contributed by atoms with Gasteiger partial charge in [-0.25, -0.2) is 0 Å². The van der Waals surface area contributed by atoms with Gasteiger partial charge in [0.2, 0.25) is 0 Å². The van der Waals surface area contributed by atoms with Gasteiger partial charge < -0.3 is 16.6 Å². The number of aliphatic imine (C=N–C) groups is 1. The summed E-state index contributed by atoms with van der Waals surface area (Å²) in [4.78, 5) is 14.6. The summed E-state index contributed by atoms with van der Waals surface area (Å²) in [6, 6.07) is -0.896. The molecule has 0 rings (SSSR count). The highest BCUT2D eigenvalue weighted by molar-refractivity contribution is 5.77. The van der Waals surface area contributed by atoms with Gasteiger partial charge in [-0.1, -0.05) is 11.6 Å². The predicted octanol–water partition coefficient (Wildman–Crippen LogP) is 0.500. The average Bonchev–Trinajstić information content (AvgIpc) is 2.00. The first kappa shape index (κ1) is 13.6. The lowest BCUT2D eigenvalue weighted by Crippen LogP contribution is -2.30. The number of aliphatic carboxylic acids is 1. The molecule has 1 unspecified atom stereocenters. The number of nitrogens with two attached hydrogens (primary N) is 2. The molecule has 0 aliphatic heterocycles. The molecule has 2 atom stereocenters. The number of carboxylic acid groups (broad SMARTS) is 1. The Kier molecular flexibility index (Phi) is 5.62. The zero-order chi connectivity index (χ0) is 12.0. The summed E-state index contributed by atoms with van der Waals surface area (Å²) in [6.07, 6.45) is 2.19. The first-order valence-corrected chi connectivity index (χ1v) is 4.78. The van der Waals surface area contributed by atoms with Gasteiger partial charge >= 0.3 is 5.97 Å². The molecule has 0 bridgehead atoms. The molecule has 0 aliphatic rings. The van der Waals surface area contributed by atoms with Crippen molar-refractivity contribution in [2.24, 2.45) is 16.5 Å². The molecule has 0 fully saturated rings. The van der Waals surface area contributed by atoms with Crippen LogP contribution in [0.3, 0.4) is 0 Å². The Morgan fingerprint density at radius 2 is 2.07 bits per heavy atom. The minimum Gasteiger partial charge on any atom is -0.480 e. The van der Waals surface area contributed by atoms with Gasteiger partial charge in [-0.15, -0.1) is 0 Å². The van der Waals surface area contributed by atoms with Crippen LogP contribution in [0.15, 0.2) is 16.6 Å². The number of nitrogens with zero attached hydrogens (tertiary/aromatic N) is 1. The van der Waals surface area contributed by atoms with Crippen LogP contribution in [0.5, 0.6) is 0 Å². The van der Waals surface area contributed by atoms with Crippen LogP contribution in [-0.2, 0) is 4.79 Å². The van der Waals surface area contributed by atoms with Gasteiger partial charge in [0.1, 0.15) is 6.04 Å². The van der Waals surface area contributed by atoms with Gasteiger partial charge in [-0.05, 0) is 27.2 Å². The second-order valence-electron chi connectivity index (χ2n) is 3.67. The predicted molar refractivity (Wildman–Crippen MR) is 60.7 cm³/mol. The Morgan fingerprint density at radius 3 is 2.47 bits per heavy atom. The van der Waals surface area contributed by atoms with Gasteiger partial charge in [0.25, 0.3) is 0 Å². The van der Waals surface area contributed by atoms with Gasteiger partial charge in [-0.3, -0.25) is 9.79 Å². The fourth-order valence-corrected chi connectivity index (χ4v) is 1.27. The maximum absolute atomic E-state index is 10.5. The zero-order valence-corrected chi connectivity index (χ0v) is 9.40. The SMILES string of the molecule is CC(=CC(C)N=C(C)N)C[C@H](N)C(=O)O. The minimum atomic E-state index is -0.992. The lowest BCUT2D eigenvalue weighted by atomic mass is 10.1. The first-order chi connectivity index (χ1) is 6.82. The highest BCUT2D eigenvalue weighted by Gasteiger charge is 2.11. The fraction of sp³-hybridized carbons (Fsp3) is 0.600. The average molecular weight is 213 g/mol. The quantitative estimate of drug-likeness (QED) is 0.351. The smallest absolute Gasteiger partial charge is 0.320 e. The van der Waals surface area contributed by atoms with E-state index < -0.39 is 12.0 Å². The van der Waals surface area contributed by atoms with Crippen LogP contribution < -0.4 is 11.5 Å². The van der Waals surface area contributed by atoms with E-state index in [1.165, 1.54) is 0 Å². The van der Waals surface area contributed by atoms with E-state index in [-0.39, 0.29) is 6.04 Å². The molecule has 0 radical (unpaired) electrons. The summed E-state index contributed by atoms with van der Waals surface area (Å²) >= 11 is 0. The van der Waals surface area contributed by atoms with E-state index in [1.807, 2.05) is 19.9 Å². The molecule has 5 N–H and O–H groups in total. The van der Waals surface area contributed by atoms with Crippen molar-refractivity contribution in [2.45, 2.75) is 39.3 Å². The molecule has 15 heavy (non-hydrogen) atoms. The van der Waals surface area contributed by atoms with Crippen LogP contribution in [0.4, 0.5) is 0 Å². The van der Waals surface area contributed by atoms with Crippen LogP contribution in [0.25, 0.3) is 0 Å². The van der Waals surface area contributed by atoms with E-state index in [2.05, 4.69) is 4.99 Å². The van der Waals surface area contributed by atoms with E-state index in [1.54, 1.807) is 6.92 Å². The molecular formula is C10H19N3O2. The Balaban J connectivity index is 4.32. The standard InChI is InChI=1S/C10H19N3O2/c1-6(5-9(12)10(14)15)4-7(2)13-8(3)11/h4,7,9H,5,12H2,1-3H3,(H2,11,13)(H,14,15)/t7?,9-/m0/s1. The van der Waals surface area contributed by atoms with Crippen molar-refractivity contribution in [1.82, 2.24) is 0 Å². The molecule has 0 amide bonds. The van der Waals surface area contributed by atoms with Crippen molar-refractivity contribution in [3.8, 4) is 0 Å². The second kappa shape index (κ2) is 6.19. The van der Waals surface area contributed by atoms with Gasteiger partial charge in [0, 0.05) is 0 Å². The third-order valence-electron chi connectivity index (χ3n) is 1.79. The fourth-order valence-electron chi connectivity index (χ4n) is 1.27. The maximum atomic E-state index is 10.5. The van der Waals surface area contributed by atoms with Crippen molar-refractivity contribution in [3.05, 3.63) is 11.6 Å². The van der Waals surface area contributed by atoms with Gasteiger partial charge in [0.05, 0.1) is 11.9 Å².